The van der Waals surface area contributed by atoms with Crippen LogP contribution in [0.15, 0.2) is 54.9 Å². The number of ether oxygens (including phenoxy) is 1. The molecule has 0 spiro atoms. The standard InChI is InChI=1S/C15H14N2O2/c1-2-19-15(18)10-14(12-6-4-3-5-7-12)13-8-9-16-17-11-13/h3-11H,2H2,1H3/b14-10-. The Morgan fingerprint density at radius 1 is 1.16 bits per heavy atom. The Hall–Kier alpha value is -2.49. The number of rotatable bonds is 4. The normalized spacial score (nSPS) is 11.1. The van der Waals surface area contributed by atoms with Crippen molar-refractivity contribution in [3.63, 3.8) is 0 Å². The lowest BCUT2D eigenvalue weighted by Crippen LogP contribution is -2.02. The van der Waals surface area contributed by atoms with Crippen LogP contribution in [0, 0.1) is 0 Å². The molecule has 2 aromatic rings. The van der Waals surface area contributed by atoms with Gasteiger partial charge in [-0.25, -0.2) is 4.79 Å². The summed E-state index contributed by atoms with van der Waals surface area (Å²) in [5.74, 6) is -0.363. The maximum Gasteiger partial charge on any atom is 0.331 e. The van der Waals surface area contributed by atoms with Crippen molar-refractivity contribution in [2.75, 3.05) is 6.61 Å². The van der Waals surface area contributed by atoms with Crippen LogP contribution in [0.4, 0.5) is 0 Å². The summed E-state index contributed by atoms with van der Waals surface area (Å²) < 4.78 is 4.96. The van der Waals surface area contributed by atoms with E-state index in [1.165, 1.54) is 6.08 Å². The molecule has 0 atom stereocenters. The first-order valence-corrected chi connectivity index (χ1v) is 6.02. The number of carbonyl (C=O) groups excluding carboxylic acids is 1. The monoisotopic (exact) mass is 254 g/mol. The number of hydrogen-bond donors (Lipinski definition) is 0. The zero-order valence-corrected chi connectivity index (χ0v) is 10.6. The van der Waals surface area contributed by atoms with Gasteiger partial charge in [0.2, 0.25) is 0 Å². The van der Waals surface area contributed by atoms with Crippen molar-refractivity contribution in [2.45, 2.75) is 6.92 Å². The molecule has 0 saturated carbocycles. The third kappa shape index (κ3) is 3.48. The third-order valence-corrected chi connectivity index (χ3v) is 2.53. The fourth-order valence-corrected chi connectivity index (χ4v) is 1.70. The molecule has 1 heterocycles. The van der Waals surface area contributed by atoms with Crippen molar-refractivity contribution in [1.82, 2.24) is 10.2 Å². The second kappa shape index (κ2) is 6.44. The van der Waals surface area contributed by atoms with Crippen LogP contribution in [-0.2, 0) is 9.53 Å². The average Bonchev–Trinajstić information content (AvgIpc) is 2.47. The second-order valence-electron chi connectivity index (χ2n) is 3.81. The van der Waals surface area contributed by atoms with E-state index < -0.39 is 0 Å². The van der Waals surface area contributed by atoms with E-state index >= 15 is 0 Å². The van der Waals surface area contributed by atoms with Crippen LogP contribution in [-0.4, -0.2) is 22.8 Å². The molecule has 1 aromatic carbocycles. The highest BCUT2D eigenvalue weighted by Crippen LogP contribution is 2.22. The minimum atomic E-state index is -0.363. The van der Waals surface area contributed by atoms with Gasteiger partial charge in [0.15, 0.2) is 0 Å². The minimum absolute atomic E-state index is 0.353. The van der Waals surface area contributed by atoms with E-state index in [1.807, 2.05) is 36.4 Å². The molecule has 0 N–H and O–H groups in total. The van der Waals surface area contributed by atoms with Gasteiger partial charge in [-0.05, 0) is 24.1 Å². The summed E-state index contributed by atoms with van der Waals surface area (Å²) in [6.45, 7) is 2.13. The zero-order chi connectivity index (χ0) is 13.5. The maximum atomic E-state index is 11.7. The van der Waals surface area contributed by atoms with E-state index in [9.17, 15) is 4.79 Å². The summed E-state index contributed by atoms with van der Waals surface area (Å²) >= 11 is 0. The zero-order valence-electron chi connectivity index (χ0n) is 10.6. The van der Waals surface area contributed by atoms with Gasteiger partial charge in [-0.3, -0.25) is 0 Å². The van der Waals surface area contributed by atoms with E-state index in [4.69, 9.17) is 4.74 Å². The van der Waals surface area contributed by atoms with E-state index in [2.05, 4.69) is 10.2 Å². The molecule has 0 aliphatic carbocycles. The summed E-state index contributed by atoms with van der Waals surface area (Å²) in [4.78, 5) is 11.7. The molecule has 1 aromatic heterocycles. The van der Waals surface area contributed by atoms with Gasteiger partial charge in [0.1, 0.15) is 0 Å². The Labute approximate surface area is 111 Å². The summed E-state index contributed by atoms with van der Waals surface area (Å²) in [7, 11) is 0. The number of hydrogen-bond acceptors (Lipinski definition) is 4. The van der Waals surface area contributed by atoms with Crippen LogP contribution in [0.2, 0.25) is 0 Å². The Morgan fingerprint density at radius 3 is 2.58 bits per heavy atom. The molecule has 19 heavy (non-hydrogen) atoms. The molecule has 4 nitrogen and oxygen atoms in total. The fraction of sp³-hybridized carbons (Fsp3) is 0.133. The van der Waals surface area contributed by atoms with Crippen molar-refractivity contribution < 1.29 is 9.53 Å². The average molecular weight is 254 g/mol. The van der Waals surface area contributed by atoms with E-state index in [0.717, 1.165) is 16.7 Å². The molecule has 96 valence electrons. The number of carbonyl (C=O) groups is 1. The predicted octanol–water partition coefficient (Wildman–Crippen LogP) is 2.47. The highest BCUT2D eigenvalue weighted by Gasteiger charge is 2.08. The largest absolute Gasteiger partial charge is 0.463 e. The molecule has 0 radical (unpaired) electrons. The molecule has 0 unspecified atom stereocenters. The Morgan fingerprint density at radius 2 is 1.95 bits per heavy atom. The molecule has 0 aliphatic heterocycles. The summed E-state index contributed by atoms with van der Waals surface area (Å²) in [6, 6.07) is 11.4. The Balaban J connectivity index is 2.43. The molecular formula is C15H14N2O2. The topological polar surface area (TPSA) is 52.1 Å². The number of esters is 1. The first-order valence-electron chi connectivity index (χ1n) is 6.02. The van der Waals surface area contributed by atoms with Crippen molar-refractivity contribution in [3.8, 4) is 0 Å². The lowest BCUT2D eigenvalue weighted by Gasteiger charge is -2.07. The van der Waals surface area contributed by atoms with Crippen molar-refractivity contribution in [1.29, 1.82) is 0 Å². The molecule has 0 saturated heterocycles. The highest BCUT2D eigenvalue weighted by molar-refractivity contribution is 5.96. The first-order chi connectivity index (χ1) is 9.31. The first kappa shape index (κ1) is 13.0. The van der Waals surface area contributed by atoms with Gasteiger partial charge in [-0.15, -0.1) is 0 Å². The summed E-state index contributed by atoms with van der Waals surface area (Å²) in [5.41, 5.74) is 2.53. The van der Waals surface area contributed by atoms with E-state index in [1.54, 1.807) is 19.3 Å². The molecular weight excluding hydrogens is 240 g/mol. The van der Waals surface area contributed by atoms with Crippen molar-refractivity contribution >= 4 is 11.5 Å². The van der Waals surface area contributed by atoms with Gasteiger partial charge in [0.25, 0.3) is 0 Å². The molecule has 0 aliphatic rings. The second-order valence-corrected chi connectivity index (χ2v) is 3.81. The third-order valence-electron chi connectivity index (χ3n) is 2.53. The summed E-state index contributed by atoms with van der Waals surface area (Å²) in [6.07, 6.45) is 4.70. The van der Waals surface area contributed by atoms with Crippen LogP contribution in [0.25, 0.3) is 5.57 Å². The Kier molecular flexibility index (Phi) is 4.39. The van der Waals surface area contributed by atoms with Crippen LogP contribution in [0.1, 0.15) is 18.1 Å². The van der Waals surface area contributed by atoms with Gasteiger partial charge < -0.3 is 4.74 Å². The van der Waals surface area contributed by atoms with Crippen LogP contribution in [0.5, 0.6) is 0 Å². The lowest BCUT2D eigenvalue weighted by molar-refractivity contribution is -0.137. The number of benzene rings is 1. The molecule has 0 amide bonds. The van der Waals surface area contributed by atoms with Gasteiger partial charge >= 0.3 is 5.97 Å². The van der Waals surface area contributed by atoms with Crippen LogP contribution in [0.3, 0.4) is 0 Å². The van der Waals surface area contributed by atoms with Crippen molar-refractivity contribution in [3.05, 3.63) is 66.0 Å². The smallest absolute Gasteiger partial charge is 0.331 e. The predicted molar refractivity (Wildman–Crippen MR) is 72.2 cm³/mol. The fourth-order valence-electron chi connectivity index (χ4n) is 1.70. The van der Waals surface area contributed by atoms with Crippen LogP contribution >= 0.6 is 0 Å². The van der Waals surface area contributed by atoms with Crippen molar-refractivity contribution in [2.24, 2.45) is 0 Å². The Bertz CT molecular complexity index is 524. The SMILES string of the molecule is CCOC(=O)/C=C(/c1ccccc1)c1ccnnc1. The lowest BCUT2D eigenvalue weighted by atomic mass is 9.99. The highest BCUT2D eigenvalue weighted by atomic mass is 16.5. The number of nitrogens with zero attached hydrogens (tertiary/aromatic N) is 2. The van der Waals surface area contributed by atoms with Gasteiger partial charge in [-0.1, -0.05) is 30.3 Å². The van der Waals surface area contributed by atoms with Gasteiger partial charge in [0, 0.05) is 11.6 Å². The minimum Gasteiger partial charge on any atom is -0.463 e. The van der Waals surface area contributed by atoms with E-state index in [0.29, 0.717) is 6.61 Å². The van der Waals surface area contributed by atoms with Crippen LogP contribution < -0.4 is 0 Å². The molecule has 4 heteroatoms. The van der Waals surface area contributed by atoms with Gasteiger partial charge in [0.05, 0.1) is 19.0 Å². The summed E-state index contributed by atoms with van der Waals surface area (Å²) in [5, 5.41) is 7.58. The molecule has 0 fully saturated rings. The quantitative estimate of drug-likeness (QED) is 0.621. The molecule has 2 rings (SSSR count). The molecule has 0 bridgehead atoms. The number of aromatic nitrogens is 2. The maximum absolute atomic E-state index is 11.7. The van der Waals surface area contributed by atoms with Gasteiger partial charge in [-0.2, -0.15) is 10.2 Å². The van der Waals surface area contributed by atoms with E-state index in [-0.39, 0.29) is 5.97 Å².